The average Bonchev–Trinajstić information content (AvgIpc) is 2.33. The summed E-state index contributed by atoms with van der Waals surface area (Å²) in [6, 6.07) is 0.487. The van der Waals surface area contributed by atoms with Gasteiger partial charge in [-0.25, -0.2) is 4.79 Å². The fourth-order valence-corrected chi connectivity index (χ4v) is 2.34. The van der Waals surface area contributed by atoms with Gasteiger partial charge in [0, 0.05) is 32.7 Å². The highest BCUT2D eigenvalue weighted by Crippen LogP contribution is 2.20. The van der Waals surface area contributed by atoms with Crippen LogP contribution >= 0.6 is 0 Å². The summed E-state index contributed by atoms with van der Waals surface area (Å²) in [4.78, 5) is 18.0. The average molecular weight is 284 g/mol. The second-order valence-corrected chi connectivity index (χ2v) is 6.21. The highest BCUT2D eigenvalue weighted by Gasteiger charge is 2.31. The van der Waals surface area contributed by atoms with Crippen molar-refractivity contribution < 1.29 is 9.53 Å². The minimum Gasteiger partial charge on any atom is -0.444 e. The molecule has 1 aliphatic heterocycles. The lowest BCUT2D eigenvalue weighted by Crippen LogP contribution is -2.53. The normalized spacial score (nSPS) is 24.3. The van der Waals surface area contributed by atoms with E-state index in [0.717, 1.165) is 18.8 Å². The van der Waals surface area contributed by atoms with E-state index in [4.69, 9.17) is 4.74 Å². The molecule has 1 amide bonds. The van der Waals surface area contributed by atoms with E-state index in [-0.39, 0.29) is 12.1 Å². The minimum absolute atomic E-state index is 0.158. The molecule has 1 heterocycles. The SMILES string of the molecule is C/N=C(\NC)NC1CCN(C(=O)OC(C)(C)C)C(C)C1. The number of piperidine rings is 1. The number of hydrogen-bond acceptors (Lipinski definition) is 3. The fraction of sp³-hybridized carbons (Fsp3) is 0.857. The molecule has 0 aromatic rings. The third kappa shape index (κ3) is 4.90. The molecule has 1 rings (SSSR count). The maximum Gasteiger partial charge on any atom is 0.410 e. The molecule has 0 aliphatic carbocycles. The molecule has 1 saturated heterocycles. The van der Waals surface area contributed by atoms with E-state index < -0.39 is 5.60 Å². The second-order valence-electron chi connectivity index (χ2n) is 6.21. The van der Waals surface area contributed by atoms with Gasteiger partial charge in [0.1, 0.15) is 5.60 Å². The van der Waals surface area contributed by atoms with Gasteiger partial charge in [0.2, 0.25) is 0 Å². The van der Waals surface area contributed by atoms with E-state index in [1.165, 1.54) is 0 Å². The van der Waals surface area contributed by atoms with E-state index in [0.29, 0.717) is 12.6 Å². The number of ether oxygens (including phenoxy) is 1. The summed E-state index contributed by atoms with van der Waals surface area (Å²) in [6.45, 7) is 8.43. The van der Waals surface area contributed by atoms with Crippen LogP contribution in [-0.4, -0.2) is 55.3 Å². The van der Waals surface area contributed by atoms with Gasteiger partial charge in [-0.15, -0.1) is 0 Å². The molecule has 1 fully saturated rings. The van der Waals surface area contributed by atoms with Crippen molar-refractivity contribution in [2.75, 3.05) is 20.6 Å². The molecule has 20 heavy (non-hydrogen) atoms. The van der Waals surface area contributed by atoms with Crippen molar-refractivity contribution in [1.29, 1.82) is 0 Å². The van der Waals surface area contributed by atoms with Crippen LogP contribution in [0.25, 0.3) is 0 Å². The molecule has 0 aromatic carbocycles. The Morgan fingerprint density at radius 3 is 2.50 bits per heavy atom. The maximum atomic E-state index is 12.1. The van der Waals surface area contributed by atoms with E-state index in [9.17, 15) is 4.79 Å². The number of nitrogens with one attached hydrogen (secondary N) is 2. The molecular formula is C14H28N4O2. The van der Waals surface area contributed by atoms with Crippen molar-refractivity contribution in [1.82, 2.24) is 15.5 Å². The van der Waals surface area contributed by atoms with Crippen LogP contribution in [-0.2, 0) is 4.74 Å². The molecule has 2 N–H and O–H groups in total. The zero-order chi connectivity index (χ0) is 15.3. The molecule has 6 heteroatoms. The van der Waals surface area contributed by atoms with Gasteiger partial charge in [-0.1, -0.05) is 0 Å². The summed E-state index contributed by atoms with van der Waals surface area (Å²) in [5.74, 6) is 0.785. The Labute approximate surface area is 122 Å². The molecular weight excluding hydrogens is 256 g/mol. The van der Waals surface area contributed by atoms with Gasteiger partial charge < -0.3 is 20.3 Å². The topological polar surface area (TPSA) is 66.0 Å². The van der Waals surface area contributed by atoms with Crippen LogP contribution in [0.15, 0.2) is 4.99 Å². The first-order valence-electron chi connectivity index (χ1n) is 7.17. The molecule has 0 spiro atoms. The van der Waals surface area contributed by atoms with Crippen LogP contribution in [0.5, 0.6) is 0 Å². The maximum absolute atomic E-state index is 12.1. The highest BCUT2D eigenvalue weighted by atomic mass is 16.6. The number of carbonyl (C=O) groups excluding carboxylic acids is 1. The highest BCUT2D eigenvalue weighted by molar-refractivity contribution is 5.79. The van der Waals surface area contributed by atoms with Gasteiger partial charge in [-0.3, -0.25) is 4.99 Å². The molecule has 1 aliphatic rings. The van der Waals surface area contributed by atoms with Crippen LogP contribution in [0, 0.1) is 0 Å². The number of hydrogen-bond donors (Lipinski definition) is 2. The van der Waals surface area contributed by atoms with Gasteiger partial charge in [0.05, 0.1) is 0 Å². The molecule has 2 atom stereocenters. The fourth-order valence-electron chi connectivity index (χ4n) is 2.34. The summed E-state index contributed by atoms with van der Waals surface area (Å²) >= 11 is 0. The summed E-state index contributed by atoms with van der Waals surface area (Å²) in [6.07, 6.45) is 1.56. The van der Waals surface area contributed by atoms with Gasteiger partial charge >= 0.3 is 6.09 Å². The number of amides is 1. The lowest BCUT2D eigenvalue weighted by atomic mass is 9.99. The number of likely N-dealkylation sites (tertiary alicyclic amines) is 1. The number of rotatable bonds is 1. The molecule has 116 valence electrons. The second kappa shape index (κ2) is 6.81. The standard InChI is InChI=1S/C14H28N4O2/c1-10-9-11(17-12(15-5)16-6)7-8-18(10)13(19)20-14(2,3)4/h10-11H,7-9H2,1-6H3,(H2,15,16,17). The number of carbonyl (C=O) groups is 1. The quantitative estimate of drug-likeness (QED) is 0.566. The smallest absolute Gasteiger partial charge is 0.410 e. The monoisotopic (exact) mass is 284 g/mol. The molecule has 0 bridgehead atoms. The van der Waals surface area contributed by atoms with Crippen LogP contribution in [0.1, 0.15) is 40.5 Å². The Balaban J connectivity index is 2.53. The van der Waals surface area contributed by atoms with Crippen molar-refractivity contribution in [2.24, 2.45) is 4.99 Å². The molecule has 0 aromatic heterocycles. The van der Waals surface area contributed by atoms with Crippen molar-refractivity contribution in [2.45, 2.75) is 58.2 Å². The van der Waals surface area contributed by atoms with E-state index in [1.807, 2.05) is 32.7 Å². The van der Waals surface area contributed by atoms with Crippen molar-refractivity contribution in [3.63, 3.8) is 0 Å². The third-order valence-electron chi connectivity index (χ3n) is 3.31. The number of aliphatic imine (C=N–C) groups is 1. The van der Waals surface area contributed by atoms with Crippen LogP contribution in [0.2, 0.25) is 0 Å². The Kier molecular flexibility index (Phi) is 5.65. The molecule has 2 unspecified atom stereocenters. The third-order valence-corrected chi connectivity index (χ3v) is 3.31. The van der Waals surface area contributed by atoms with E-state index in [1.54, 1.807) is 7.05 Å². The van der Waals surface area contributed by atoms with Crippen molar-refractivity contribution in [3.05, 3.63) is 0 Å². The lowest BCUT2D eigenvalue weighted by Gasteiger charge is -2.38. The van der Waals surface area contributed by atoms with Gasteiger partial charge in [-0.2, -0.15) is 0 Å². The van der Waals surface area contributed by atoms with Crippen LogP contribution < -0.4 is 10.6 Å². The molecule has 0 radical (unpaired) electrons. The summed E-state index contributed by atoms with van der Waals surface area (Å²) < 4.78 is 5.44. The predicted octanol–water partition coefficient (Wildman–Crippen LogP) is 1.57. The van der Waals surface area contributed by atoms with Crippen LogP contribution in [0.4, 0.5) is 4.79 Å². The first kappa shape index (κ1) is 16.6. The van der Waals surface area contributed by atoms with E-state index in [2.05, 4.69) is 22.5 Å². The lowest BCUT2D eigenvalue weighted by molar-refractivity contribution is 0.0100. The zero-order valence-corrected chi connectivity index (χ0v) is 13.5. The minimum atomic E-state index is -0.444. The van der Waals surface area contributed by atoms with E-state index >= 15 is 0 Å². The number of nitrogens with zero attached hydrogens (tertiary/aromatic N) is 2. The van der Waals surface area contributed by atoms with Crippen LogP contribution in [0.3, 0.4) is 0 Å². The Morgan fingerprint density at radius 2 is 2.05 bits per heavy atom. The summed E-state index contributed by atoms with van der Waals surface area (Å²) in [5, 5.41) is 6.37. The largest absolute Gasteiger partial charge is 0.444 e. The summed E-state index contributed by atoms with van der Waals surface area (Å²) in [5.41, 5.74) is -0.444. The van der Waals surface area contributed by atoms with Gasteiger partial charge in [0.25, 0.3) is 0 Å². The summed E-state index contributed by atoms with van der Waals surface area (Å²) in [7, 11) is 3.59. The van der Waals surface area contributed by atoms with Crippen molar-refractivity contribution in [3.8, 4) is 0 Å². The first-order valence-corrected chi connectivity index (χ1v) is 7.17. The Bertz CT molecular complexity index is 363. The zero-order valence-electron chi connectivity index (χ0n) is 13.5. The van der Waals surface area contributed by atoms with Gasteiger partial charge in [-0.05, 0) is 40.5 Å². The Hall–Kier alpha value is -1.46. The molecule has 0 saturated carbocycles. The number of guanidine groups is 1. The predicted molar refractivity (Wildman–Crippen MR) is 81.0 cm³/mol. The van der Waals surface area contributed by atoms with Crippen molar-refractivity contribution >= 4 is 12.1 Å². The van der Waals surface area contributed by atoms with Gasteiger partial charge in [0.15, 0.2) is 5.96 Å². The Morgan fingerprint density at radius 1 is 1.40 bits per heavy atom. The molecule has 6 nitrogen and oxygen atoms in total. The first-order chi connectivity index (χ1) is 9.26.